The summed E-state index contributed by atoms with van der Waals surface area (Å²) in [4.78, 5) is 0. The first-order valence-corrected chi connectivity index (χ1v) is 33.8. The molecule has 582 valence electrons. The Bertz CT molecular complexity index is 5280. The van der Waals surface area contributed by atoms with Gasteiger partial charge in [0.25, 0.3) is 0 Å². The number of aryl methyl sites for hydroxylation is 3. The molecule has 0 aliphatic carbocycles. The minimum Gasteiger partial charge on any atom is -0.429 e. The maximum absolute atomic E-state index is 15.0. The average Bonchev–Trinajstić information content (AvgIpc) is 0.780. The second-order valence-corrected chi connectivity index (χ2v) is 25.1. The largest absolute Gasteiger partial charge is 0.432 e. The molecule has 0 fully saturated rings. The molecule has 0 aliphatic rings. The number of halogens is 24. The molecule has 12 aromatic carbocycles. The fraction of sp³-hybridized carbons (Fsp3) is 0.153. The minimum absolute atomic E-state index is 0.100. The molecule has 0 heterocycles. The molecule has 27 heteroatoms. The molecule has 0 aromatic heterocycles. The number of hydrogen-bond donors (Lipinski definition) is 0. The molecule has 0 spiro atoms. The molecule has 12 rings (SSSR count). The molecule has 0 aliphatic heterocycles. The number of rotatable bonds is 22. The van der Waals surface area contributed by atoms with Gasteiger partial charge in [-0.05, 0) is 147 Å². The third kappa shape index (κ3) is 19.2. The van der Waals surface area contributed by atoms with Gasteiger partial charge in [0, 0.05) is 53.1 Å². The second-order valence-electron chi connectivity index (χ2n) is 25.1. The molecule has 0 atom stereocenters. The predicted molar refractivity (Wildman–Crippen MR) is 371 cm³/mol. The molecule has 0 saturated carbocycles. The van der Waals surface area contributed by atoms with Gasteiger partial charge in [0.1, 0.15) is 86.3 Å². The van der Waals surface area contributed by atoms with E-state index in [2.05, 4.69) is 21.1 Å². The van der Waals surface area contributed by atoms with E-state index in [9.17, 15) is 105 Å². The van der Waals surface area contributed by atoms with Gasteiger partial charge in [0.15, 0.2) is 52.4 Å². The Labute approximate surface area is 623 Å². The summed E-state index contributed by atoms with van der Waals surface area (Å²) in [6.07, 6.45) is -7.32. The quantitative estimate of drug-likeness (QED) is 0.0384. The maximum Gasteiger partial charge on any atom is 0.432 e. The summed E-state index contributed by atoms with van der Waals surface area (Å²) in [5.41, 5.74) is -0.465. The number of ether oxygens (including phenoxy) is 3. The predicted octanol–water partition coefficient (Wildman–Crippen LogP) is 27.2. The van der Waals surface area contributed by atoms with Crippen LogP contribution in [0.1, 0.15) is 79.8 Å². The van der Waals surface area contributed by atoms with Crippen LogP contribution in [0.4, 0.5) is 105 Å². The van der Waals surface area contributed by atoms with Crippen LogP contribution in [0.2, 0.25) is 0 Å². The van der Waals surface area contributed by atoms with E-state index in [1.165, 1.54) is 42.5 Å². The summed E-state index contributed by atoms with van der Waals surface area (Å²) in [5, 5.41) is 0. The minimum atomic E-state index is -4.74. The van der Waals surface area contributed by atoms with Gasteiger partial charge >= 0.3 is 18.3 Å². The smallest absolute Gasteiger partial charge is 0.429 e. The van der Waals surface area contributed by atoms with E-state index in [4.69, 9.17) is 0 Å². The number of hydrogen-bond acceptors (Lipinski definition) is 3. The molecule has 12 aromatic rings. The first-order chi connectivity index (χ1) is 53.0. The van der Waals surface area contributed by atoms with E-state index in [-0.39, 0.29) is 69.8 Å². The highest BCUT2D eigenvalue weighted by atomic mass is 19.3. The van der Waals surface area contributed by atoms with Crippen LogP contribution in [0.3, 0.4) is 0 Å². The summed E-state index contributed by atoms with van der Waals surface area (Å²) in [5.74, 6) is -33.7. The van der Waals surface area contributed by atoms with Crippen molar-refractivity contribution in [3.63, 3.8) is 0 Å². The number of unbranched alkanes of at least 4 members (excludes halogenated alkanes) is 2. The highest BCUT2D eigenvalue weighted by Crippen LogP contribution is 2.43. The van der Waals surface area contributed by atoms with Gasteiger partial charge in [-0.15, -0.1) is 0 Å². The van der Waals surface area contributed by atoms with Crippen molar-refractivity contribution in [1.29, 1.82) is 0 Å². The van der Waals surface area contributed by atoms with Crippen LogP contribution in [-0.4, -0.2) is 0 Å². The average molecular weight is 1580 g/mol. The summed E-state index contributed by atoms with van der Waals surface area (Å²) in [6, 6.07) is 37.7. The van der Waals surface area contributed by atoms with Crippen LogP contribution >= 0.6 is 0 Å². The van der Waals surface area contributed by atoms with Gasteiger partial charge in [-0.1, -0.05) is 149 Å². The number of benzene rings is 12. The zero-order chi connectivity index (χ0) is 81.4. The third-order valence-corrected chi connectivity index (χ3v) is 17.3. The Morgan fingerprint density at radius 3 is 0.688 bits per heavy atom. The van der Waals surface area contributed by atoms with Crippen molar-refractivity contribution < 1.29 is 120 Å². The van der Waals surface area contributed by atoms with E-state index in [0.29, 0.717) is 64.2 Å². The van der Waals surface area contributed by atoms with Crippen molar-refractivity contribution in [2.75, 3.05) is 0 Å². The summed E-state index contributed by atoms with van der Waals surface area (Å²) in [7, 11) is 0. The molecule has 0 amide bonds. The monoisotopic (exact) mass is 1580 g/mol. The molecule has 112 heavy (non-hydrogen) atoms. The van der Waals surface area contributed by atoms with Gasteiger partial charge in [-0.2, -0.15) is 26.3 Å². The SMILES string of the molecule is CCCCCc1ccc(-c2ccc(-c3cc(F)c(C(F)(F)Oc4cc(F)c(F)c(F)c4)c(F)c3)c(F)c2)cc1.CCCc1ccc(-c2ccc(-c3cc(F)c(C(F)(F)Oc4cc(F)c(F)c(F)c4)c(F)c3)c(F)c2)cc1.CCc1ccc(-c2ccc(-c3cc(F)c(C(F)(F)Oc4cc(F)c(F)c(F)c4)c(F)c3)c(F)c2)cc1. The van der Waals surface area contributed by atoms with E-state index < -0.39 is 157 Å². The topological polar surface area (TPSA) is 27.7 Å². The van der Waals surface area contributed by atoms with Crippen molar-refractivity contribution in [2.45, 2.75) is 84.0 Å². The van der Waals surface area contributed by atoms with E-state index in [1.807, 2.05) is 74.5 Å². The molecular weight excluding hydrogens is 1520 g/mol. The first kappa shape index (κ1) is 82.8. The molecule has 3 nitrogen and oxygen atoms in total. The zero-order valence-electron chi connectivity index (χ0n) is 58.3. The Morgan fingerprint density at radius 2 is 0.455 bits per heavy atom. The fourth-order valence-electron chi connectivity index (χ4n) is 11.7. The molecule has 0 unspecified atom stereocenters. The lowest BCUT2D eigenvalue weighted by Gasteiger charge is -2.20. The lowest BCUT2D eigenvalue weighted by atomic mass is 9.97. The Hall–Kier alpha value is -11.6. The van der Waals surface area contributed by atoms with Crippen LogP contribution in [0.25, 0.3) is 66.8 Å². The molecule has 0 N–H and O–H groups in total. The highest BCUT2D eigenvalue weighted by Gasteiger charge is 2.45. The molecule has 0 saturated heterocycles. The van der Waals surface area contributed by atoms with Crippen LogP contribution in [0.15, 0.2) is 200 Å². The van der Waals surface area contributed by atoms with Crippen molar-refractivity contribution in [2.24, 2.45) is 0 Å². The maximum atomic E-state index is 15.0. The van der Waals surface area contributed by atoms with Gasteiger partial charge in [0.05, 0.1) is 0 Å². The Kier molecular flexibility index (Phi) is 25.7. The van der Waals surface area contributed by atoms with E-state index in [0.717, 1.165) is 79.3 Å². The molecule has 0 bridgehead atoms. The zero-order valence-corrected chi connectivity index (χ0v) is 58.3. The van der Waals surface area contributed by atoms with Crippen LogP contribution in [0.5, 0.6) is 17.2 Å². The third-order valence-electron chi connectivity index (χ3n) is 17.3. The lowest BCUT2D eigenvalue weighted by molar-refractivity contribution is -0.190. The Morgan fingerprint density at radius 1 is 0.223 bits per heavy atom. The summed E-state index contributed by atoms with van der Waals surface area (Å²) in [6.45, 7) is 6.14. The standard InChI is InChI=1S/C30H22F8O.C28H18F8O.C27H16F8O/c1-2-3-4-5-17-6-8-18(9-7-17)19-10-11-22(23(31)12-19)20-13-24(32)28(25(33)14-20)30(37,38)39-21-15-26(34)29(36)27(35)16-21;1-2-3-15-4-6-16(7-5-15)17-8-9-20(21(29)10-17)18-11-22(30)26(23(31)12-18)28(35,36)37-19-13-24(32)27(34)25(33)14-19;1-2-14-3-5-15(6-4-14)16-7-8-19(20(28)9-16)17-10-21(29)25(22(30)11-17)27(34,35)36-18-12-23(31)26(33)24(32)13-18/h6-16H,2-5H2,1H3;4-14H,2-3H2,1H3;3-13H,2H2,1H3. The van der Waals surface area contributed by atoms with Gasteiger partial charge in [-0.3, -0.25) is 0 Å². The Balaban J connectivity index is 0.000000178. The van der Waals surface area contributed by atoms with Crippen LogP contribution in [0, 0.1) is 105 Å². The lowest BCUT2D eigenvalue weighted by Crippen LogP contribution is -2.25. The molecule has 0 radical (unpaired) electrons. The summed E-state index contributed by atoms with van der Waals surface area (Å²) >= 11 is 0. The second kappa shape index (κ2) is 34.7. The van der Waals surface area contributed by atoms with Crippen molar-refractivity contribution in [3.8, 4) is 84.0 Å². The number of alkyl halides is 6. The highest BCUT2D eigenvalue weighted by molar-refractivity contribution is 5.75. The van der Waals surface area contributed by atoms with Crippen LogP contribution in [-0.2, 0) is 37.6 Å². The van der Waals surface area contributed by atoms with Gasteiger partial charge in [-0.25, -0.2) is 79.0 Å². The van der Waals surface area contributed by atoms with Crippen molar-refractivity contribution in [3.05, 3.63) is 338 Å². The fourth-order valence-corrected chi connectivity index (χ4v) is 11.7. The first-order valence-electron chi connectivity index (χ1n) is 33.8. The normalized spacial score (nSPS) is 11.6. The molecular formula is C85H56F24O3. The summed E-state index contributed by atoms with van der Waals surface area (Å²) < 4.78 is 351. The van der Waals surface area contributed by atoms with Crippen molar-refractivity contribution >= 4 is 0 Å². The van der Waals surface area contributed by atoms with Gasteiger partial charge in [0.2, 0.25) is 0 Å². The van der Waals surface area contributed by atoms with Crippen LogP contribution < -0.4 is 14.2 Å². The van der Waals surface area contributed by atoms with Gasteiger partial charge < -0.3 is 14.2 Å². The van der Waals surface area contributed by atoms with E-state index >= 15 is 0 Å². The van der Waals surface area contributed by atoms with Crippen molar-refractivity contribution in [1.82, 2.24) is 0 Å². The van der Waals surface area contributed by atoms with E-state index in [1.54, 1.807) is 12.1 Å².